The number of benzene rings is 2. The first kappa shape index (κ1) is 18.6. The molecular weight excluding hydrogens is 402 g/mol. The maximum absolute atomic E-state index is 4.73. The zero-order valence-corrected chi connectivity index (χ0v) is 17.0. The van der Waals surface area contributed by atoms with Crippen molar-refractivity contribution in [1.82, 2.24) is 0 Å². The van der Waals surface area contributed by atoms with E-state index in [-0.39, 0.29) is 24.8 Å². The number of allylic oxidation sites excluding steroid dienone is 4. The monoisotopic (exact) mass is 418 g/mol. The van der Waals surface area contributed by atoms with Gasteiger partial charge in [-0.2, -0.15) is 0 Å². The van der Waals surface area contributed by atoms with E-state index < -0.39 is 21.3 Å². The molecule has 0 unspecified atom stereocenters. The Bertz CT molecular complexity index is 772. The summed E-state index contributed by atoms with van der Waals surface area (Å²) in [7, 11) is 0. The normalized spacial score (nSPS) is 14.4. The van der Waals surface area contributed by atoms with Gasteiger partial charge in [0, 0.05) is 0 Å². The maximum atomic E-state index is 4.73. The molecule has 0 atom stereocenters. The molecule has 2 aromatic rings. The predicted octanol–water partition coefficient (Wildman–Crippen LogP) is -0.951. The standard InChI is InChI=1S/C13H9.C6H7.CH2.2ClH.Zr/c1-3-7-12-10(5-1)9-11-6-2-4-8-13(11)12;1-6-4-2-3-5-6;;;;/h1-9H;4-5H,2H2,1H3;1H2;2*1H;/q;;;;;+2/p-2. The van der Waals surface area contributed by atoms with Gasteiger partial charge in [0.2, 0.25) is 0 Å². The average Bonchev–Trinajstić information content (AvgIpc) is 3.08. The number of hydrogen-bond donors (Lipinski definition) is 0. The van der Waals surface area contributed by atoms with Crippen LogP contribution < -0.4 is 24.8 Å². The molecule has 0 nitrogen and oxygen atoms in total. The maximum Gasteiger partial charge on any atom is -1.00 e. The Balaban J connectivity index is 0.000000960. The van der Waals surface area contributed by atoms with Crippen LogP contribution in [0.1, 0.15) is 28.1 Å². The summed E-state index contributed by atoms with van der Waals surface area (Å²) in [6, 6.07) is 17.9. The van der Waals surface area contributed by atoms with Gasteiger partial charge in [0.05, 0.1) is 0 Å². The fourth-order valence-electron chi connectivity index (χ4n) is 3.60. The molecule has 0 amide bonds. The molecular formula is C20H18Cl2Zr. The molecule has 4 rings (SSSR count). The average molecular weight is 420 g/mol. The summed E-state index contributed by atoms with van der Waals surface area (Å²) in [5, 5.41) is 0. The molecule has 116 valence electrons. The molecule has 3 heteroatoms. The van der Waals surface area contributed by atoms with Crippen LogP contribution in [-0.2, 0) is 21.3 Å². The van der Waals surface area contributed by atoms with Crippen molar-refractivity contribution in [2.45, 2.75) is 17.0 Å². The second kappa shape index (κ2) is 7.43. The number of halogens is 2. The zero-order valence-electron chi connectivity index (χ0n) is 13.0. The van der Waals surface area contributed by atoms with Gasteiger partial charge in [-0.05, 0) is 0 Å². The molecule has 0 N–H and O–H groups in total. The molecule has 0 aliphatic heterocycles. The fraction of sp³-hybridized carbons (Fsp3) is 0.150. The van der Waals surface area contributed by atoms with Crippen LogP contribution in [0.4, 0.5) is 0 Å². The topological polar surface area (TPSA) is 0 Å². The molecule has 0 radical (unpaired) electrons. The molecule has 0 fully saturated rings. The van der Waals surface area contributed by atoms with Gasteiger partial charge < -0.3 is 24.8 Å². The molecule has 0 heterocycles. The van der Waals surface area contributed by atoms with Crippen LogP contribution in [0.25, 0.3) is 11.1 Å². The zero-order chi connectivity index (χ0) is 14.4. The quantitative estimate of drug-likeness (QED) is 0.588. The van der Waals surface area contributed by atoms with Crippen LogP contribution in [0.3, 0.4) is 0 Å². The van der Waals surface area contributed by atoms with Gasteiger partial charge >= 0.3 is 134 Å². The third-order valence-corrected chi connectivity index (χ3v) is 10.8. The smallest absolute Gasteiger partial charge is 1.00 e. The Morgan fingerprint density at radius 1 is 0.913 bits per heavy atom. The van der Waals surface area contributed by atoms with Crippen LogP contribution >= 0.6 is 0 Å². The summed E-state index contributed by atoms with van der Waals surface area (Å²) >= 11 is -1.91. The molecule has 0 bridgehead atoms. The SMILES string of the molecule is [CH2]=[Zr+2]([C]1=CC(C)=CC1)[CH]1c2ccccc2-c2ccccc21.[Cl-].[Cl-]. The Morgan fingerprint density at radius 2 is 1.43 bits per heavy atom. The minimum atomic E-state index is -1.91. The fourth-order valence-corrected chi connectivity index (χ4v) is 9.51. The summed E-state index contributed by atoms with van der Waals surface area (Å²) in [5.74, 6) is 0. The molecule has 0 aromatic heterocycles. The molecule has 2 aliphatic rings. The number of rotatable bonds is 2. The molecule has 0 spiro atoms. The molecule has 0 saturated carbocycles. The Labute approximate surface area is 158 Å². The van der Waals surface area contributed by atoms with Crippen molar-refractivity contribution in [3.05, 3.63) is 80.7 Å². The molecule has 2 aliphatic carbocycles. The van der Waals surface area contributed by atoms with Crippen molar-refractivity contribution in [1.29, 1.82) is 0 Å². The van der Waals surface area contributed by atoms with Crippen molar-refractivity contribution in [3.8, 4) is 11.1 Å². The minimum absolute atomic E-state index is 0. The van der Waals surface area contributed by atoms with Gasteiger partial charge in [0.25, 0.3) is 0 Å². The summed E-state index contributed by atoms with van der Waals surface area (Å²) in [6.45, 7) is 2.21. The van der Waals surface area contributed by atoms with Crippen LogP contribution in [0.5, 0.6) is 0 Å². The molecule has 2 aromatic carbocycles. The largest absolute Gasteiger partial charge is 1.00 e. The van der Waals surface area contributed by atoms with E-state index in [9.17, 15) is 0 Å². The van der Waals surface area contributed by atoms with Crippen molar-refractivity contribution in [2.24, 2.45) is 0 Å². The van der Waals surface area contributed by atoms with E-state index in [1.807, 2.05) is 0 Å². The van der Waals surface area contributed by atoms with E-state index in [0.717, 1.165) is 6.42 Å². The van der Waals surface area contributed by atoms with E-state index in [1.54, 1.807) is 3.28 Å². The first-order chi connectivity index (χ1) is 10.3. The van der Waals surface area contributed by atoms with Crippen molar-refractivity contribution < 1.29 is 46.1 Å². The van der Waals surface area contributed by atoms with Crippen LogP contribution in [0.15, 0.2) is 69.5 Å². The Morgan fingerprint density at radius 3 is 1.91 bits per heavy atom. The third-order valence-electron chi connectivity index (χ3n) is 4.64. The third kappa shape index (κ3) is 3.12. The van der Waals surface area contributed by atoms with E-state index >= 15 is 0 Å². The van der Waals surface area contributed by atoms with E-state index in [1.165, 1.54) is 27.8 Å². The second-order valence-electron chi connectivity index (χ2n) is 5.95. The Kier molecular flexibility index (Phi) is 6.01. The molecule has 0 saturated heterocycles. The van der Waals surface area contributed by atoms with Crippen molar-refractivity contribution >= 4 is 4.21 Å². The summed E-state index contributed by atoms with van der Waals surface area (Å²) in [5.41, 5.74) is 7.33. The predicted molar refractivity (Wildman–Crippen MR) is 87.3 cm³/mol. The van der Waals surface area contributed by atoms with Gasteiger partial charge in [-0.3, -0.25) is 0 Å². The van der Waals surface area contributed by atoms with Gasteiger partial charge in [-0.15, -0.1) is 0 Å². The van der Waals surface area contributed by atoms with Crippen molar-refractivity contribution in [3.63, 3.8) is 0 Å². The molecule has 23 heavy (non-hydrogen) atoms. The summed E-state index contributed by atoms with van der Waals surface area (Å²) in [6.07, 6.45) is 5.91. The van der Waals surface area contributed by atoms with Gasteiger partial charge in [-0.1, -0.05) is 0 Å². The van der Waals surface area contributed by atoms with Gasteiger partial charge in [0.1, 0.15) is 0 Å². The minimum Gasteiger partial charge on any atom is -1.00 e. The number of hydrogen-bond acceptors (Lipinski definition) is 0. The summed E-state index contributed by atoms with van der Waals surface area (Å²) in [4.78, 5) is 0. The van der Waals surface area contributed by atoms with Gasteiger partial charge in [0.15, 0.2) is 0 Å². The van der Waals surface area contributed by atoms with Crippen LogP contribution in [0.2, 0.25) is 0 Å². The number of fused-ring (bicyclic) bond motifs is 3. The van der Waals surface area contributed by atoms with Gasteiger partial charge in [-0.25, -0.2) is 0 Å². The second-order valence-corrected chi connectivity index (χ2v) is 11.5. The van der Waals surface area contributed by atoms with E-state index in [4.69, 9.17) is 4.21 Å². The van der Waals surface area contributed by atoms with Crippen LogP contribution in [-0.4, -0.2) is 4.21 Å². The van der Waals surface area contributed by atoms with E-state index in [0.29, 0.717) is 3.63 Å². The van der Waals surface area contributed by atoms with E-state index in [2.05, 4.69) is 67.6 Å². The Hall–Kier alpha value is -0.747. The summed E-state index contributed by atoms with van der Waals surface area (Å²) < 4.78 is 6.98. The van der Waals surface area contributed by atoms with Crippen LogP contribution in [0, 0.1) is 0 Å². The first-order valence-electron chi connectivity index (χ1n) is 7.50. The van der Waals surface area contributed by atoms with Crippen molar-refractivity contribution in [2.75, 3.05) is 0 Å². The first-order valence-corrected chi connectivity index (χ1v) is 11.9.